The third-order valence-electron chi connectivity index (χ3n) is 4.93. The van der Waals surface area contributed by atoms with Gasteiger partial charge >= 0.3 is 0 Å². The van der Waals surface area contributed by atoms with E-state index in [1.165, 1.54) is 19.3 Å². The van der Waals surface area contributed by atoms with Crippen molar-refractivity contribution in [2.24, 2.45) is 11.8 Å². The summed E-state index contributed by atoms with van der Waals surface area (Å²) in [5.41, 5.74) is 0.433. The van der Waals surface area contributed by atoms with Gasteiger partial charge in [0.2, 0.25) is 0 Å². The van der Waals surface area contributed by atoms with E-state index in [0.717, 1.165) is 19.3 Å². The van der Waals surface area contributed by atoms with E-state index in [-0.39, 0.29) is 29.2 Å². The average molecular weight is 333 g/mol. The number of carbonyl (C=O) groups excluding carboxylic acids is 2. The Labute approximate surface area is 142 Å². The second-order valence-electron chi connectivity index (χ2n) is 7.48. The maximum Gasteiger partial charge on any atom is 0.274 e. The van der Waals surface area contributed by atoms with Gasteiger partial charge in [0.25, 0.3) is 11.8 Å². The molecule has 7 heteroatoms. The van der Waals surface area contributed by atoms with Crippen molar-refractivity contribution >= 4 is 11.8 Å². The summed E-state index contributed by atoms with van der Waals surface area (Å²) in [4.78, 5) is 24.8. The van der Waals surface area contributed by atoms with Crippen LogP contribution in [0.15, 0.2) is 0 Å². The second-order valence-corrected chi connectivity index (χ2v) is 7.48. The number of carbonyl (C=O) groups is 2. The molecule has 0 radical (unpaired) electrons. The summed E-state index contributed by atoms with van der Waals surface area (Å²) in [5.74, 6) is 0.482. The standard InChI is InChI=1S/C17H27N5O2/c1-11(2)8-13-10-22-15(17(24)19-13)14(20-21-22)16(23)18-9-12-6-4-3-5-7-12/h11-13H,3-10H2,1-2H3,(H,18,23)(H,19,24)/t13-/m0/s1. The van der Waals surface area contributed by atoms with Gasteiger partial charge in [-0.2, -0.15) is 0 Å². The zero-order valence-electron chi connectivity index (χ0n) is 14.5. The first-order valence-corrected chi connectivity index (χ1v) is 9.07. The smallest absolute Gasteiger partial charge is 0.274 e. The topological polar surface area (TPSA) is 88.9 Å². The van der Waals surface area contributed by atoms with Crippen molar-refractivity contribution in [2.45, 2.75) is 65.0 Å². The summed E-state index contributed by atoms with van der Waals surface area (Å²) in [7, 11) is 0. The molecule has 0 spiro atoms. The molecule has 2 N–H and O–H groups in total. The van der Waals surface area contributed by atoms with Crippen LogP contribution < -0.4 is 10.6 Å². The predicted octanol–water partition coefficient (Wildman–Crippen LogP) is 1.75. The average Bonchev–Trinajstić information content (AvgIpc) is 2.97. The molecule has 24 heavy (non-hydrogen) atoms. The van der Waals surface area contributed by atoms with Crippen LogP contribution in [0.2, 0.25) is 0 Å². The van der Waals surface area contributed by atoms with Crippen molar-refractivity contribution in [1.82, 2.24) is 25.6 Å². The third-order valence-corrected chi connectivity index (χ3v) is 4.93. The highest BCUT2D eigenvalue weighted by molar-refractivity contribution is 6.05. The molecule has 2 aliphatic rings. The van der Waals surface area contributed by atoms with E-state index in [4.69, 9.17) is 0 Å². The minimum atomic E-state index is -0.292. The summed E-state index contributed by atoms with van der Waals surface area (Å²) in [6.07, 6.45) is 6.98. The molecule has 1 fully saturated rings. The van der Waals surface area contributed by atoms with Crippen molar-refractivity contribution in [3.63, 3.8) is 0 Å². The van der Waals surface area contributed by atoms with Crippen LogP contribution in [0.25, 0.3) is 0 Å². The monoisotopic (exact) mass is 333 g/mol. The number of aromatic nitrogens is 3. The number of hydrogen-bond acceptors (Lipinski definition) is 4. The number of amides is 2. The molecule has 0 aromatic carbocycles. The Morgan fingerprint density at radius 1 is 1.33 bits per heavy atom. The van der Waals surface area contributed by atoms with Gasteiger partial charge in [0.1, 0.15) is 0 Å². The lowest BCUT2D eigenvalue weighted by Crippen LogP contribution is -2.46. The molecule has 1 aliphatic heterocycles. The molecule has 1 saturated carbocycles. The molecule has 1 aromatic heterocycles. The Hall–Kier alpha value is -1.92. The van der Waals surface area contributed by atoms with E-state index < -0.39 is 0 Å². The molecule has 2 heterocycles. The summed E-state index contributed by atoms with van der Waals surface area (Å²) in [6, 6.07) is 0.0462. The maximum absolute atomic E-state index is 12.4. The van der Waals surface area contributed by atoms with E-state index in [0.29, 0.717) is 24.9 Å². The molecule has 0 bridgehead atoms. The largest absolute Gasteiger partial charge is 0.350 e. The lowest BCUT2D eigenvalue weighted by atomic mass is 9.89. The Bertz CT molecular complexity index is 604. The van der Waals surface area contributed by atoms with Crippen molar-refractivity contribution in [1.29, 1.82) is 0 Å². The molecule has 0 saturated heterocycles. The molecule has 1 atom stereocenters. The van der Waals surface area contributed by atoms with Crippen molar-refractivity contribution in [3.05, 3.63) is 11.4 Å². The molecule has 132 valence electrons. The second kappa shape index (κ2) is 7.32. The highest BCUT2D eigenvalue weighted by atomic mass is 16.2. The summed E-state index contributed by atoms with van der Waals surface area (Å²) < 4.78 is 1.57. The van der Waals surface area contributed by atoms with Gasteiger partial charge in [-0.1, -0.05) is 38.3 Å². The number of nitrogens with zero attached hydrogens (tertiary/aromatic N) is 3. The van der Waals surface area contributed by atoms with Gasteiger partial charge in [-0.25, -0.2) is 4.68 Å². The van der Waals surface area contributed by atoms with Crippen LogP contribution in [-0.4, -0.2) is 39.4 Å². The highest BCUT2D eigenvalue weighted by Gasteiger charge is 2.32. The molecule has 0 unspecified atom stereocenters. The van der Waals surface area contributed by atoms with Gasteiger partial charge in [0.05, 0.1) is 6.54 Å². The van der Waals surface area contributed by atoms with Crippen LogP contribution >= 0.6 is 0 Å². The molecule has 3 rings (SSSR count). The number of rotatable bonds is 5. The Morgan fingerprint density at radius 2 is 2.08 bits per heavy atom. The van der Waals surface area contributed by atoms with E-state index in [2.05, 4.69) is 34.8 Å². The van der Waals surface area contributed by atoms with Gasteiger partial charge in [0.15, 0.2) is 11.4 Å². The van der Waals surface area contributed by atoms with Gasteiger partial charge in [-0.15, -0.1) is 5.10 Å². The van der Waals surface area contributed by atoms with Gasteiger partial charge in [-0.05, 0) is 31.1 Å². The summed E-state index contributed by atoms with van der Waals surface area (Å²) in [6.45, 7) is 5.46. The van der Waals surface area contributed by atoms with Crippen molar-refractivity contribution < 1.29 is 9.59 Å². The lowest BCUT2D eigenvalue weighted by Gasteiger charge is -2.25. The van der Waals surface area contributed by atoms with Gasteiger partial charge < -0.3 is 10.6 Å². The zero-order chi connectivity index (χ0) is 17.1. The number of fused-ring (bicyclic) bond motifs is 1. The van der Waals surface area contributed by atoms with Crippen LogP contribution in [0.5, 0.6) is 0 Å². The Morgan fingerprint density at radius 3 is 2.79 bits per heavy atom. The van der Waals surface area contributed by atoms with Crippen LogP contribution in [0, 0.1) is 11.8 Å². The first-order valence-electron chi connectivity index (χ1n) is 9.07. The highest BCUT2D eigenvalue weighted by Crippen LogP contribution is 2.23. The van der Waals surface area contributed by atoms with Crippen LogP contribution in [0.4, 0.5) is 0 Å². The Balaban J connectivity index is 1.64. The van der Waals surface area contributed by atoms with Gasteiger partial charge in [0, 0.05) is 12.6 Å². The quantitative estimate of drug-likeness (QED) is 0.859. The predicted molar refractivity (Wildman–Crippen MR) is 89.6 cm³/mol. The number of nitrogens with one attached hydrogen (secondary N) is 2. The zero-order valence-corrected chi connectivity index (χ0v) is 14.5. The third kappa shape index (κ3) is 3.76. The first kappa shape index (κ1) is 16.9. The molecule has 1 aromatic rings. The van der Waals surface area contributed by atoms with E-state index >= 15 is 0 Å². The Kier molecular flexibility index (Phi) is 5.16. The van der Waals surface area contributed by atoms with Crippen LogP contribution in [0.1, 0.15) is 73.3 Å². The molecule has 1 aliphatic carbocycles. The fourth-order valence-corrected chi connectivity index (χ4v) is 3.74. The van der Waals surface area contributed by atoms with Crippen molar-refractivity contribution in [2.75, 3.05) is 6.54 Å². The fraction of sp³-hybridized carbons (Fsp3) is 0.765. The normalized spacial score (nSPS) is 21.5. The summed E-state index contributed by atoms with van der Waals surface area (Å²) in [5, 5.41) is 13.9. The van der Waals surface area contributed by atoms with Crippen LogP contribution in [-0.2, 0) is 6.54 Å². The number of hydrogen-bond donors (Lipinski definition) is 2. The lowest BCUT2D eigenvalue weighted by molar-refractivity contribution is 0.0868. The van der Waals surface area contributed by atoms with Gasteiger partial charge in [-0.3, -0.25) is 9.59 Å². The fourth-order valence-electron chi connectivity index (χ4n) is 3.74. The molecule has 7 nitrogen and oxygen atoms in total. The minimum absolute atomic E-state index is 0.0462. The van der Waals surface area contributed by atoms with Crippen molar-refractivity contribution in [3.8, 4) is 0 Å². The first-order chi connectivity index (χ1) is 11.5. The van der Waals surface area contributed by atoms with E-state index in [1.807, 2.05) is 0 Å². The van der Waals surface area contributed by atoms with Crippen LogP contribution in [0.3, 0.4) is 0 Å². The molecular weight excluding hydrogens is 306 g/mol. The van der Waals surface area contributed by atoms with E-state index in [9.17, 15) is 9.59 Å². The maximum atomic E-state index is 12.4. The van der Waals surface area contributed by atoms with E-state index in [1.54, 1.807) is 4.68 Å². The minimum Gasteiger partial charge on any atom is -0.350 e. The molecule has 2 amide bonds. The summed E-state index contributed by atoms with van der Waals surface area (Å²) >= 11 is 0. The SMILES string of the molecule is CC(C)C[C@H]1Cn2nnc(C(=O)NCC3CCCCC3)c2C(=O)N1. The molecular formula is C17H27N5O2.